The summed E-state index contributed by atoms with van der Waals surface area (Å²) in [5.41, 5.74) is 2.88. The van der Waals surface area contributed by atoms with E-state index in [0.29, 0.717) is 0 Å². The first-order valence-electron chi connectivity index (χ1n) is 6.88. The maximum atomic E-state index is 4.36. The molecule has 0 unspecified atom stereocenters. The summed E-state index contributed by atoms with van der Waals surface area (Å²) in [7, 11) is 0. The number of hydrogen-bond donors (Lipinski definition) is 0. The third-order valence-corrected chi connectivity index (χ3v) is 3.53. The van der Waals surface area contributed by atoms with Crippen molar-refractivity contribution in [3.05, 3.63) is 29.6 Å². The van der Waals surface area contributed by atoms with Crippen molar-refractivity contribution in [3.63, 3.8) is 0 Å². The Bertz CT molecular complexity index is 279. The number of pyridine rings is 1. The molecule has 1 aliphatic rings. The van der Waals surface area contributed by atoms with Gasteiger partial charge in [0.25, 0.3) is 0 Å². The Morgan fingerprint density at radius 2 is 1.06 bits per heavy atom. The predicted molar refractivity (Wildman–Crippen MR) is 68.6 cm³/mol. The molecular weight excluding hydrogens is 194 g/mol. The van der Waals surface area contributed by atoms with Gasteiger partial charge in [-0.2, -0.15) is 0 Å². The average Bonchev–Trinajstić information content (AvgIpc) is 2.32. The number of fused-ring (bicyclic) bond motifs is 2. The van der Waals surface area contributed by atoms with Crippen molar-refractivity contribution in [2.45, 2.75) is 64.2 Å². The lowest BCUT2D eigenvalue weighted by Crippen LogP contribution is -1.92. The summed E-state index contributed by atoms with van der Waals surface area (Å²) in [6.45, 7) is 0. The van der Waals surface area contributed by atoms with Gasteiger partial charge in [0.15, 0.2) is 0 Å². The quantitative estimate of drug-likeness (QED) is 0.631. The van der Waals surface area contributed by atoms with Crippen molar-refractivity contribution in [2.24, 2.45) is 0 Å². The normalized spacial score (nSPS) is 19.2. The SMILES string of the molecule is c1ncc2cc1CCCCCCCCCC2. The van der Waals surface area contributed by atoms with Gasteiger partial charge in [0, 0.05) is 12.4 Å². The molecule has 1 heteroatoms. The molecule has 0 radical (unpaired) electrons. The molecule has 1 nitrogen and oxygen atoms in total. The number of aryl methyl sites for hydroxylation is 2. The molecule has 0 saturated carbocycles. The van der Waals surface area contributed by atoms with Crippen LogP contribution < -0.4 is 0 Å². The first-order valence-corrected chi connectivity index (χ1v) is 6.88. The fourth-order valence-electron chi connectivity index (χ4n) is 2.53. The lowest BCUT2D eigenvalue weighted by atomic mass is 10.0. The van der Waals surface area contributed by atoms with Crippen molar-refractivity contribution in [1.82, 2.24) is 4.98 Å². The maximum Gasteiger partial charge on any atom is 0.0300 e. The van der Waals surface area contributed by atoms with Crippen LogP contribution in [0.25, 0.3) is 0 Å². The third kappa shape index (κ3) is 3.96. The lowest BCUT2D eigenvalue weighted by molar-refractivity contribution is 0.570. The number of rotatable bonds is 0. The van der Waals surface area contributed by atoms with Gasteiger partial charge in [-0.1, -0.05) is 44.6 Å². The molecule has 16 heavy (non-hydrogen) atoms. The smallest absolute Gasteiger partial charge is 0.0300 e. The van der Waals surface area contributed by atoms with Gasteiger partial charge >= 0.3 is 0 Å². The largest absolute Gasteiger partial charge is 0.264 e. The number of hydrogen-bond acceptors (Lipinski definition) is 1. The van der Waals surface area contributed by atoms with E-state index in [9.17, 15) is 0 Å². The van der Waals surface area contributed by atoms with Crippen LogP contribution in [0.4, 0.5) is 0 Å². The van der Waals surface area contributed by atoms with Gasteiger partial charge in [-0.3, -0.25) is 4.98 Å². The van der Waals surface area contributed by atoms with E-state index in [4.69, 9.17) is 0 Å². The Kier molecular flexibility index (Phi) is 4.85. The molecule has 1 aromatic heterocycles. The molecule has 88 valence electrons. The summed E-state index contributed by atoms with van der Waals surface area (Å²) in [6.07, 6.45) is 17.7. The Hall–Kier alpha value is -0.850. The van der Waals surface area contributed by atoms with E-state index in [1.165, 1.54) is 75.3 Å². The highest BCUT2D eigenvalue weighted by Gasteiger charge is 2.00. The van der Waals surface area contributed by atoms with Gasteiger partial charge in [-0.25, -0.2) is 0 Å². The second kappa shape index (κ2) is 6.67. The molecule has 0 amide bonds. The monoisotopic (exact) mass is 217 g/mol. The summed E-state index contributed by atoms with van der Waals surface area (Å²) < 4.78 is 0. The van der Waals surface area contributed by atoms with E-state index in [2.05, 4.69) is 11.1 Å². The second-order valence-electron chi connectivity index (χ2n) is 5.03. The minimum Gasteiger partial charge on any atom is -0.264 e. The summed E-state index contributed by atoms with van der Waals surface area (Å²) in [5.74, 6) is 0. The summed E-state index contributed by atoms with van der Waals surface area (Å²) >= 11 is 0. The molecule has 1 heterocycles. The van der Waals surface area contributed by atoms with Gasteiger partial charge in [-0.15, -0.1) is 0 Å². The van der Waals surface area contributed by atoms with E-state index in [-0.39, 0.29) is 0 Å². The first-order chi connectivity index (χ1) is 7.95. The van der Waals surface area contributed by atoms with E-state index >= 15 is 0 Å². The number of nitrogens with zero attached hydrogens (tertiary/aromatic N) is 1. The second-order valence-corrected chi connectivity index (χ2v) is 5.03. The highest BCUT2D eigenvalue weighted by atomic mass is 14.6. The van der Waals surface area contributed by atoms with Crippen LogP contribution in [-0.2, 0) is 12.8 Å². The van der Waals surface area contributed by atoms with Crippen LogP contribution in [0.5, 0.6) is 0 Å². The van der Waals surface area contributed by atoms with Gasteiger partial charge in [0.1, 0.15) is 0 Å². The molecule has 1 aromatic rings. The standard InChI is InChI=1S/C15H23N/c1-2-4-6-8-10-15-11-14(12-16-13-15)9-7-5-3-1/h11-13H,1-10H2. The molecular formula is C15H23N. The van der Waals surface area contributed by atoms with Crippen molar-refractivity contribution < 1.29 is 0 Å². The Labute approximate surface area is 99.3 Å². The molecule has 0 spiro atoms. The molecule has 0 aliphatic heterocycles. The van der Waals surface area contributed by atoms with Gasteiger partial charge in [0.2, 0.25) is 0 Å². The van der Waals surface area contributed by atoms with Crippen molar-refractivity contribution >= 4 is 0 Å². The Morgan fingerprint density at radius 1 is 0.625 bits per heavy atom. The van der Waals surface area contributed by atoms with Crippen LogP contribution in [0.3, 0.4) is 0 Å². The van der Waals surface area contributed by atoms with Crippen molar-refractivity contribution in [1.29, 1.82) is 0 Å². The van der Waals surface area contributed by atoms with Crippen LogP contribution in [0.1, 0.15) is 62.5 Å². The zero-order chi connectivity index (χ0) is 11.1. The molecule has 0 saturated heterocycles. The summed E-state index contributed by atoms with van der Waals surface area (Å²) in [5, 5.41) is 0. The summed E-state index contributed by atoms with van der Waals surface area (Å²) in [6, 6.07) is 2.37. The van der Waals surface area contributed by atoms with E-state index in [1.54, 1.807) is 0 Å². The van der Waals surface area contributed by atoms with E-state index in [0.717, 1.165) is 0 Å². The van der Waals surface area contributed by atoms with Crippen LogP contribution in [0.15, 0.2) is 18.5 Å². The zero-order valence-corrected chi connectivity index (χ0v) is 10.3. The van der Waals surface area contributed by atoms with Crippen molar-refractivity contribution in [2.75, 3.05) is 0 Å². The van der Waals surface area contributed by atoms with E-state index in [1.807, 2.05) is 12.4 Å². The fraction of sp³-hybridized carbons (Fsp3) is 0.667. The molecule has 0 N–H and O–H groups in total. The molecule has 2 bridgehead atoms. The van der Waals surface area contributed by atoms with Crippen LogP contribution in [0, 0.1) is 0 Å². The molecule has 0 aromatic carbocycles. The molecule has 0 atom stereocenters. The summed E-state index contributed by atoms with van der Waals surface area (Å²) in [4.78, 5) is 4.36. The van der Waals surface area contributed by atoms with E-state index < -0.39 is 0 Å². The van der Waals surface area contributed by atoms with Crippen molar-refractivity contribution in [3.8, 4) is 0 Å². The fourth-order valence-corrected chi connectivity index (χ4v) is 2.53. The number of aromatic nitrogens is 1. The highest BCUT2D eigenvalue weighted by Crippen LogP contribution is 2.15. The Morgan fingerprint density at radius 3 is 1.56 bits per heavy atom. The average molecular weight is 217 g/mol. The third-order valence-electron chi connectivity index (χ3n) is 3.53. The highest BCUT2D eigenvalue weighted by molar-refractivity contribution is 5.18. The first kappa shape index (κ1) is 11.6. The van der Waals surface area contributed by atoms with Gasteiger partial charge in [-0.05, 0) is 36.8 Å². The predicted octanol–water partition coefficient (Wildman–Crippen LogP) is 4.30. The molecule has 2 rings (SSSR count). The topological polar surface area (TPSA) is 12.9 Å². The minimum atomic E-state index is 1.22. The van der Waals surface area contributed by atoms with Crippen LogP contribution in [-0.4, -0.2) is 4.98 Å². The molecule has 1 aliphatic carbocycles. The van der Waals surface area contributed by atoms with Gasteiger partial charge < -0.3 is 0 Å². The maximum absolute atomic E-state index is 4.36. The van der Waals surface area contributed by atoms with Crippen LogP contribution in [0.2, 0.25) is 0 Å². The lowest BCUT2D eigenvalue weighted by Gasteiger charge is -2.03. The molecule has 0 fully saturated rings. The van der Waals surface area contributed by atoms with Crippen LogP contribution >= 0.6 is 0 Å². The Balaban J connectivity index is 1.95. The zero-order valence-electron chi connectivity index (χ0n) is 10.3. The van der Waals surface area contributed by atoms with Gasteiger partial charge in [0.05, 0.1) is 0 Å². The minimum absolute atomic E-state index is 1.22.